The Morgan fingerprint density at radius 1 is 1.08 bits per heavy atom. The summed E-state index contributed by atoms with van der Waals surface area (Å²) in [5, 5.41) is 10.3. The Hall–Kier alpha value is -1.63. The van der Waals surface area contributed by atoms with Crippen LogP contribution in [0, 0.1) is 6.92 Å². The topological polar surface area (TPSA) is 56.3 Å². The molecule has 0 spiro atoms. The lowest BCUT2D eigenvalue weighted by atomic mass is 10.2. The van der Waals surface area contributed by atoms with E-state index in [9.17, 15) is 9.90 Å². The van der Waals surface area contributed by atoms with Gasteiger partial charge in [-0.1, -0.05) is 18.2 Å². The van der Waals surface area contributed by atoms with E-state index in [-0.39, 0.29) is 5.91 Å². The number of carbonyl (C=O) groups is 1. The zero-order valence-electron chi connectivity index (χ0n) is 15.8. The second kappa shape index (κ2) is 9.35. The molecule has 2 saturated heterocycles. The SMILES string of the molecule is Cc1ccccc1OCC(O)CN1CCN(CC(=O)N2CCCC2)CC1. The first-order chi connectivity index (χ1) is 12.6. The van der Waals surface area contributed by atoms with Gasteiger partial charge in [0.25, 0.3) is 0 Å². The van der Waals surface area contributed by atoms with E-state index in [0.29, 0.717) is 19.7 Å². The minimum Gasteiger partial charge on any atom is -0.491 e. The summed E-state index contributed by atoms with van der Waals surface area (Å²) in [5.74, 6) is 1.10. The normalized spacial score (nSPS) is 20.3. The molecule has 1 aromatic carbocycles. The van der Waals surface area contributed by atoms with E-state index < -0.39 is 6.10 Å². The molecule has 0 aliphatic carbocycles. The summed E-state index contributed by atoms with van der Waals surface area (Å²) in [6, 6.07) is 7.85. The monoisotopic (exact) mass is 361 g/mol. The number of aliphatic hydroxyl groups is 1. The van der Waals surface area contributed by atoms with Crippen molar-refractivity contribution in [2.24, 2.45) is 0 Å². The standard InChI is InChI=1S/C20H31N3O3/c1-17-6-2-3-7-19(17)26-16-18(24)14-21-10-12-22(13-11-21)15-20(25)23-8-4-5-9-23/h2-3,6-7,18,24H,4-5,8-16H2,1H3. The maximum atomic E-state index is 12.2. The molecule has 1 unspecified atom stereocenters. The van der Waals surface area contributed by atoms with Crippen LogP contribution in [0.25, 0.3) is 0 Å². The summed E-state index contributed by atoms with van der Waals surface area (Å²) in [7, 11) is 0. The Bertz CT molecular complexity index is 581. The molecule has 0 bridgehead atoms. The molecule has 26 heavy (non-hydrogen) atoms. The first-order valence-corrected chi connectivity index (χ1v) is 9.71. The predicted octanol–water partition coefficient (Wildman–Crippen LogP) is 0.975. The number of amides is 1. The van der Waals surface area contributed by atoms with Crippen molar-refractivity contribution in [1.29, 1.82) is 0 Å². The molecule has 1 aromatic rings. The van der Waals surface area contributed by atoms with Gasteiger partial charge in [0, 0.05) is 45.8 Å². The number of rotatable bonds is 7. The summed E-state index contributed by atoms with van der Waals surface area (Å²) in [6.45, 7) is 8.83. The van der Waals surface area contributed by atoms with Gasteiger partial charge in [0.2, 0.25) is 5.91 Å². The fourth-order valence-corrected chi connectivity index (χ4v) is 3.64. The van der Waals surface area contributed by atoms with E-state index in [1.54, 1.807) is 0 Å². The van der Waals surface area contributed by atoms with Gasteiger partial charge in [-0.2, -0.15) is 0 Å². The van der Waals surface area contributed by atoms with E-state index >= 15 is 0 Å². The van der Waals surface area contributed by atoms with Gasteiger partial charge in [0.15, 0.2) is 0 Å². The molecule has 0 saturated carbocycles. The summed E-state index contributed by atoms with van der Waals surface area (Å²) in [4.78, 5) is 18.7. The van der Waals surface area contributed by atoms with Gasteiger partial charge >= 0.3 is 0 Å². The van der Waals surface area contributed by atoms with Crippen LogP contribution in [0.2, 0.25) is 0 Å². The van der Waals surface area contributed by atoms with Crippen molar-refractivity contribution in [3.63, 3.8) is 0 Å². The fourth-order valence-electron chi connectivity index (χ4n) is 3.64. The average molecular weight is 361 g/mol. The molecule has 2 fully saturated rings. The number of hydrogen-bond donors (Lipinski definition) is 1. The lowest BCUT2D eigenvalue weighted by Crippen LogP contribution is -2.51. The molecular weight excluding hydrogens is 330 g/mol. The van der Waals surface area contributed by atoms with E-state index in [1.165, 1.54) is 0 Å². The second-order valence-corrected chi connectivity index (χ2v) is 7.39. The molecule has 144 valence electrons. The third-order valence-electron chi connectivity index (χ3n) is 5.28. The number of β-amino-alcohol motifs (C(OH)–C–C–N with tert-alkyl or cyclic N) is 1. The molecule has 1 atom stereocenters. The average Bonchev–Trinajstić information content (AvgIpc) is 3.17. The molecule has 2 heterocycles. The Morgan fingerprint density at radius 2 is 1.73 bits per heavy atom. The molecule has 2 aliphatic heterocycles. The van der Waals surface area contributed by atoms with Gasteiger partial charge in [-0.25, -0.2) is 0 Å². The minimum absolute atomic E-state index is 0.266. The Labute approximate surface area is 156 Å². The van der Waals surface area contributed by atoms with Crippen molar-refractivity contribution in [2.45, 2.75) is 25.9 Å². The van der Waals surface area contributed by atoms with Crippen molar-refractivity contribution in [3.05, 3.63) is 29.8 Å². The number of nitrogens with zero attached hydrogens (tertiary/aromatic N) is 3. The van der Waals surface area contributed by atoms with Gasteiger partial charge in [-0.15, -0.1) is 0 Å². The third kappa shape index (κ3) is 5.43. The van der Waals surface area contributed by atoms with E-state index in [0.717, 1.165) is 63.4 Å². The van der Waals surface area contributed by atoms with Crippen molar-refractivity contribution in [1.82, 2.24) is 14.7 Å². The second-order valence-electron chi connectivity index (χ2n) is 7.39. The number of para-hydroxylation sites is 1. The van der Waals surface area contributed by atoms with Gasteiger partial charge in [0.05, 0.1) is 6.54 Å². The zero-order valence-corrected chi connectivity index (χ0v) is 15.8. The Morgan fingerprint density at radius 3 is 2.42 bits per heavy atom. The van der Waals surface area contributed by atoms with E-state index in [2.05, 4.69) is 9.80 Å². The van der Waals surface area contributed by atoms with Crippen LogP contribution in [-0.2, 0) is 4.79 Å². The highest BCUT2D eigenvalue weighted by atomic mass is 16.5. The predicted molar refractivity (Wildman–Crippen MR) is 101 cm³/mol. The molecule has 0 radical (unpaired) electrons. The smallest absolute Gasteiger partial charge is 0.236 e. The maximum Gasteiger partial charge on any atom is 0.236 e. The molecule has 1 N–H and O–H groups in total. The number of carbonyl (C=O) groups excluding carboxylic acids is 1. The summed E-state index contributed by atoms with van der Waals surface area (Å²) < 4.78 is 5.73. The van der Waals surface area contributed by atoms with Crippen LogP contribution < -0.4 is 4.74 Å². The number of aliphatic hydroxyl groups excluding tert-OH is 1. The number of aryl methyl sites for hydroxylation is 1. The van der Waals surface area contributed by atoms with Gasteiger partial charge in [-0.05, 0) is 31.4 Å². The summed E-state index contributed by atoms with van der Waals surface area (Å²) in [5.41, 5.74) is 1.08. The number of ether oxygens (including phenoxy) is 1. The highest BCUT2D eigenvalue weighted by Crippen LogP contribution is 2.16. The number of hydrogen-bond acceptors (Lipinski definition) is 5. The van der Waals surface area contributed by atoms with Crippen LogP contribution in [0.1, 0.15) is 18.4 Å². The van der Waals surface area contributed by atoms with Gasteiger partial charge in [-0.3, -0.25) is 14.6 Å². The van der Waals surface area contributed by atoms with Crippen LogP contribution in [0.15, 0.2) is 24.3 Å². The highest BCUT2D eigenvalue weighted by Gasteiger charge is 2.24. The fraction of sp³-hybridized carbons (Fsp3) is 0.650. The van der Waals surface area contributed by atoms with E-state index in [1.807, 2.05) is 36.1 Å². The molecule has 1 amide bonds. The van der Waals surface area contributed by atoms with E-state index in [4.69, 9.17) is 4.74 Å². The van der Waals surface area contributed by atoms with Crippen molar-refractivity contribution < 1.29 is 14.6 Å². The van der Waals surface area contributed by atoms with Gasteiger partial charge < -0.3 is 14.7 Å². The van der Waals surface area contributed by atoms with Crippen molar-refractivity contribution in [2.75, 3.05) is 59.0 Å². The first kappa shape index (κ1) is 19.1. The largest absolute Gasteiger partial charge is 0.491 e. The third-order valence-corrected chi connectivity index (χ3v) is 5.28. The highest BCUT2D eigenvalue weighted by molar-refractivity contribution is 5.78. The number of benzene rings is 1. The summed E-state index contributed by atoms with van der Waals surface area (Å²) in [6.07, 6.45) is 1.77. The lowest BCUT2D eigenvalue weighted by Gasteiger charge is -2.35. The first-order valence-electron chi connectivity index (χ1n) is 9.71. The summed E-state index contributed by atoms with van der Waals surface area (Å²) >= 11 is 0. The maximum absolute atomic E-state index is 12.2. The quantitative estimate of drug-likeness (QED) is 0.784. The molecular formula is C20H31N3O3. The molecule has 6 heteroatoms. The minimum atomic E-state index is -0.507. The lowest BCUT2D eigenvalue weighted by molar-refractivity contribution is -0.131. The molecule has 3 rings (SSSR count). The van der Waals surface area contributed by atoms with Crippen LogP contribution in [0.4, 0.5) is 0 Å². The van der Waals surface area contributed by atoms with Crippen LogP contribution in [0.3, 0.4) is 0 Å². The van der Waals surface area contributed by atoms with Crippen molar-refractivity contribution >= 4 is 5.91 Å². The van der Waals surface area contributed by atoms with Crippen LogP contribution in [0.5, 0.6) is 5.75 Å². The molecule has 0 aromatic heterocycles. The number of piperazine rings is 1. The zero-order chi connectivity index (χ0) is 18.4. The number of likely N-dealkylation sites (tertiary alicyclic amines) is 1. The molecule has 6 nitrogen and oxygen atoms in total. The van der Waals surface area contributed by atoms with Crippen LogP contribution in [-0.4, -0.2) is 90.8 Å². The Balaban J connectivity index is 1.34. The Kier molecular flexibility index (Phi) is 6.88. The van der Waals surface area contributed by atoms with Gasteiger partial charge in [0.1, 0.15) is 18.5 Å². The molecule has 2 aliphatic rings. The van der Waals surface area contributed by atoms with Crippen molar-refractivity contribution in [3.8, 4) is 5.75 Å². The van der Waals surface area contributed by atoms with Crippen LogP contribution >= 0.6 is 0 Å².